The molecule has 6 heterocycles. The molecule has 2 fully saturated rings. The van der Waals surface area contributed by atoms with E-state index in [1.807, 2.05) is 4.90 Å². The van der Waals surface area contributed by atoms with E-state index < -0.39 is 39.6 Å². The number of rotatable bonds is 2. The number of sulfonamides is 1. The average Bonchev–Trinajstić information content (AvgIpc) is 3.67. The van der Waals surface area contributed by atoms with Crippen LogP contribution in [0.5, 0.6) is 5.75 Å². The lowest BCUT2D eigenvalue weighted by molar-refractivity contribution is -0.137. The van der Waals surface area contributed by atoms with Gasteiger partial charge in [-0.25, -0.2) is 17.5 Å². The minimum absolute atomic E-state index is 0.0230. The molecule has 0 saturated carbocycles. The maximum absolute atomic E-state index is 15.6. The second kappa shape index (κ2) is 14.0. The number of fused-ring (bicyclic) bond motifs is 8. The first kappa shape index (κ1) is 34.7. The van der Waals surface area contributed by atoms with Gasteiger partial charge < -0.3 is 29.6 Å². The van der Waals surface area contributed by atoms with Gasteiger partial charge in [-0.05, 0) is 55.8 Å². The number of hydrogen-bond donors (Lipinski definition) is 3. The van der Waals surface area contributed by atoms with Crippen molar-refractivity contribution in [3.8, 4) is 17.6 Å². The molecule has 2 aromatic heterocycles. The molecule has 4 atom stereocenters. The first-order chi connectivity index (χ1) is 23.3. The van der Waals surface area contributed by atoms with E-state index in [1.165, 1.54) is 46.9 Å². The van der Waals surface area contributed by atoms with Crippen molar-refractivity contribution in [2.24, 2.45) is 5.92 Å². The molecule has 11 nitrogen and oxygen atoms in total. The molecule has 262 valence electrons. The van der Waals surface area contributed by atoms with Crippen LogP contribution >= 0.6 is 11.8 Å². The molecule has 2 saturated heterocycles. The Hall–Kier alpha value is -4.14. The summed E-state index contributed by atoms with van der Waals surface area (Å²) in [6, 6.07) is 8.31. The highest BCUT2D eigenvalue weighted by molar-refractivity contribution is 8.00. The van der Waals surface area contributed by atoms with E-state index in [-0.39, 0.29) is 72.2 Å². The standard InChI is InChI=1S/C32H34F4N6O5S2/c1-47-28-7-6-20-16-26(28)37-10-2-4-21-17-27-25(5-3-11-42(27)31(21)48-32(34,35)36)38-24-9-13-41(19-23(24)33)30(44)22-8-12-40(18-22)14-15-49(45,46)39-29(20)43/h3,5-7,11,16-17,22-24,37-38H,8-10,12-15,18-19H2,1H3,(H,39,43)/t22-,23-,24+/m0/s1. The van der Waals surface area contributed by atoms with Gasteiger partial charge >= 0.3 is 5.51 Å². The number of nitrogens with one attached hydrogen (secondary N) is 3. The lowest BCUT2D eigenvalue weighted by atomic mass is 9.99. The number of amides is 2. The van der Waals surface area contributed by atoms with Gasteiger partial charge in [-0.2, -0.15) is 13.2 Å². The second-order valence-corrected chi connectivity index (χ2v) is 14.9. The molecule has 0 spiro atoms. The highest BCUT2D eigenvalue weighted by atomic mass is 32.2. The van der Waals surface area contributed by atoms with Gasteiger partial charge in [0.15, 0.2) is 0 Å². The third-order valence-corrected chi connectivity index (χ3v) is 10.8. The molecule has 1 unspecified atom stereocenters. The SMILES string of the molecule is COc1ccc2cc1NCC#Cc1cc3c(cccn3c1SC(F)(F)F)N[C@@H]1CCN(C[C@@H]1F)C(=O)[C@H]1CCN(CCS(=O)(=O)NC2=O)C1. The molecule has 17 heteroatoms. The number of anilines is 2. The topological polar surface area (TPSA) is 124 Å². The van der Waals surface area contributed by atoms with Crippen LogP contribution in [0.15, 0.2) is 47.6 Å². The third kappa shape index (κ3) is 8.03. The minimum Gasteiger partial charge on any atom is -0.495 e. The Morgan fingerprint density at radius 1 is 1.04 bits per heavy atom. The fourth-order valence-corrected chi connectivity index (χ4v) is 8.03. The lowest BCUT2D eigenvalue weighted by Crippen LogP contribution is -2.51. The quantitative estimate of drug-likeness (QED) is 0.206. The molecule has 4 aliphatic rings. The van der Waals surface area contributed by atoms with Crippen LogP contribution in [-0.4, -0.2) is 104 Å². The van der Waals surface area contributed by atoms with E-state index in [2.05, 4.69) is 27.2 Å². The molecular formula is C32H34F4N6O5S2. The molecule has 7 rings (SSSR count). The summed E-state index contributed by atoms with van der Waals surface area (Å²) in [5.74, 6) is 4.07. The summed E-state index contributed by atoms with van der Waals surface area (Å²) in [4.78, 5) is 29.6. The zero-order valence-corrected chi connectivity index (χ0v) is 28.0. The van der Waals surface area contributed by atoms with E-state index in [9.17, 15) is 31.2 Å². The Morgan fingerprint density at radius 3 is 2.61 bits per heavy atom. The summed E-state index contributed by atoms with van der Waals surface area (Å²) in [6.07, 6.45) is 0.795. The Labute approximate surface area is 284 Å². The fourth-order valence-electron chi connectivity index (χ4n) is 6.33. The number of piperidine rings is 1. The Balaban J connectivity index is 1.34. The molecular weight excluding hydrogens is 689 g/mol. The van der Waals surface area contributed by atoms with Gasteiger partial charge in [0.1, 0.15) is 16.9 Å². The molecule has 8 bridgehead atoms. The number of aromatic nitrogens is 1. The smallest absolute Gasteiger partial charge is 0.447 e. The first-order valence-electron chi connectivity index (χ1n) is 15.6. The number of hydrogen-bond acceptors (Lipinski definition) is 9. The fraction of sp³-hybridized carbons (Fsp3) is 0.438. The van der Waals surface area contributed by atoms with Gasteiger partial charge in [0.25, 0.3) is 5.91 Å². The van der Waals surface area contributed by atoms with Crippen molar-refractivity contribution >= 4 is 50.5 Å². The van der Waals surface area contributed by atoms with Crippen LogP contribution in [0.2, 0.25) is 0 Å². The number of alkyl halides is 4. The third-order valence-electron chi connectivity index (χ3n) is 8.77. The van der Waals surface area contributed by atoms with Gasteiger partial charge in [0.05, 0.1) is 60.4 Å². The van der Waals surface area contributed by atoms with Gasteiger partial charge in [-0.1, -0.05) is 11.8 Å². The summed E-state index contributed by atoms with van der Waals surface area (Å²) >= 11 is -0.314. The van der Waals surface area contributed by atoms with Gasteiger partial charge in [0.2, 0.25) is 15.9 Å². The van der Waals surface area contributed by atoms with Gasteiger partial charge in [-0.3, -0.25) is 9.59 Å². The Morgan fingerprint density at radius 2 is 1.86 bits per heavy atom. The highest BCUT2D eigenvalue weighted by Gasteiger charge is 2.38. The summed E-state index contributed by atoms with van der Waals surface area (Å²) in [5, 5.41) is 5.98. The van der Waals surface area contributed by atoms with Crippen molar-refractivity contribution in [1.29, 1.82) is 0 Å². The van der Waals surface area contributed by atoms with E-state index in [1.54, 1.807) is 12.1 Å². The van der Waals surface area contributed by atoms with Gasteiger partial charge in [-0.15, -0.1) is 0 Å². The summed E-state index contributed by atoms with van der Waals surface area (Å²) in [6.45, 7) is 0.957. The molecule has 49 heavy (non-hydrogen) atoms. The number of nitrogens with zero attached hydrogens (tertiary/aromatic N) is 3. The van der Waals surface area contributed by atoms with Crippen LogP contribution in [0.3, 0.4) is 0 Å². The number of halogens is 4. The van der Waals surface area contributed by atoms with E-state index in [4.69, 9.17) is 4.74 Å². The van der Waals surface area contributed by atoms with Crippen molar-refractivity contribution < 1.29 is 40.3 Å². The van der Waals surface area contributed by atoms with E-state index in [0.29, 0.717) is 42.2 Å². The number of carbonyl (C=O) groups is 2. The zero-order valence-electron chi connectivity index (χ0n) is 26.3. The van der Waals surface area contributed by atoms with Gasteiger partial charge in [0, 0.05) is 43.2 Å². The largest absolute Gasteiger partial charge is 0.495 e. The molecule has 2 amide bonds. The van der Waals surface area contributed by atoms with Crippen molar-refractivity contribution in [2.45, 2.75) is 35.6 Å². The number of pyridine rings is 1. The Kier molecular flexibility index (Phi) is 9.92. The predicted octanol–water partition coefficient (Wildman–Crippen LogP) is 3.77. The molecule has 3 N–H and O–H groups in total. The van der Waals surface area contributed by atoms with Crippen LogP contribution in [-0.2, 0) is 14.8 Å². The highest BCUT2D eigenvalue weighted by Crippen LogP contribution is 2.41. The maximum atomic E-state index is 15.6. The number of thioether (sulfide) groups is 1. The number of benzene rings is 1. The number of carbonyl (C=O) groups excluding carboxylic acids is 2. The van der Waals surface area contributed by atoms with Crippen molar-refractivity contribution in [3.05, 3.63) is 53.7 Å². The summed E-state index contributed by atoms with van der Waals surface area (Å²) < 4.78 is 91.1. The Bertz CT molecular complexity index is 1930. The number of ether oxygens (including phenoxy) is 1. The summed E-state index contributed by atoms with van der Waals surface area (Å²) in [7, 11) is -2.64. The minimum atomic E-state index is -4.62. The molecule has 0 radical (unpaired) electrons. The molecule has 1 aromatic carbocycles. The zero-order chi connectivity index (χ0) is 34.9. The monoisotopic (exact) mass is 722 g/mol. The van der Waals surface area contributed by atoms with Crippen molar-refractivity contribution in [1.82, 2.24) is 18.9 Å². The average molecular weight is 723 g/mol. The molecule has 0 aliphatic carbocycles. The van der Waals surface area contributed by atoms with Crippen molar-refractivity contribution in [3.63, 3.8) is 0 Å². The lowest BCUT2D eigenvalue weighted by Gasteiger charge is -2.36. The van der Waals surface area contributed by atoms with Crippen LogP contribution < -0.4 is 20.1 Å². The van der Waals surface area contributed by atoms with E-state index in [0.717, 1.165) is 0 Å². The molecule has 3 aromatic rings. The van der Waals surface area contributed by atoms with Crippen LogP contribution in [0.1, 0.15) is 28.8 Å². The first-order valence-corrected chi connectivity index (χ1v) is 18.0. The normalized spacial score (nSPS) is 24.6. The van der Waals surface area contributed by atoms with E-state index >= 15 is 4.39 Å². The van der Waals surface area contributed by atoms with Crippen LogP contribution in [0, 0.1) is 17.8 Å². The predicted molar refractivity (Wildman–Crippen MR) is 177 cm³/mol. The summed E-state index contributed by atoms with van der Waals surface area (Å²) in [5.41, 5.74) is -3.38. The molecule has 4 aliphatic heterocycles. The number of methoxy groups -OCH3 is 1. The second-order valence-electron chi connectivity index (χ2n) is 12.0. The maximum Gasteiger partial charge on any atom is 0.447 e. The van der Waals surface area contributed by atoms with Crippen molar-refractivity contribution in [2.75, 3.05) is 62.8 Å². The van der Waals surface area contributed by atoms with Crippen LogP contribution in [0.4, 0.5) is 28.9 Å². The van der Waals surface area contributed by atoms with Crippen LogP contribution in [0.25, 0.3) is 5.52 Å².